The number of nitrogens with two attached hydrogens (primary N) is 1. The van der Waals surface area contributed by atoms with Crippen molar-refractivity contribution < 1.29 is 13.4 Å². The monoisotopic (exact) mass is 272 g/mol. The smallest absolute Gasteiger partial charge is 0.236 e. The van der Waals surface area contributed by atoms with Crippen LogP contribution in [0.2, 0.25) is 0 Å². The number of carbonyl (C=O) groups excluding carboxylic acids is 1. The molecule has 0 bridgehead atoms. The molecular weight excluding hydrogens is 255 g/mol. The summed E-state index contributed by atoms with van der Waals surface area (Å²) in [5.74, 6) is -0.652. The number of benzene rings is 1. The molecule has 0 aliphatic rings. The lowest BCUT2D eigenvalue weighted by Gasteiger charge is -2.08. The van der Waals surface area contributed by atoms with Gasteiger partial charge in [-0.15, -0.1) is 0 Å². The number of hydrogen-bond acceptors (Lipinski definition) is 3. The first-order chi connectivity index (χ1) is 8.51. The fraction of sp³-hybridized carbons (Fsp3) is 0.417. The van der Waals surface area contributed by atoms with Crippen molar-refractivity contribution in [1.82, 2.24) is 0 Å². The van der Waals surface area contributed by atoms with E-state index in [1.54, 1.807) is 6.07 Å². The van der Waals surface area contributed by atoms with Crippen LogP contribution < -0.4 is 11.1 Å². The fourth-order valence-electron chi connectivity index (χ4n) is 1.33. The van der Waals surface area contributed by atoms with Crippen molar-refractivity contribution >= 4 is 22.4 Å². The summed E-state index contributed by atoms with van der Waals surface area (Å²) in [5, 5.41) is 2.49. The van der Waals surface area contributed by atoms with E-state index in [1.807, 2.05) is 6.92 Å². The molecule has 0 aromatic heterocycles. The Balaban J connectivity index is 2.44. The van der Waals surface area contributed by atoms with Gasteiger partial charge in [0, 0.05) is 28.3 Å². The van der Waals surface area contributed by atoms with Gasteiger partial charge in [-0.25, -0.2) is 4.39 Å². The Morgan fingerprint density at radius 3 is 2.89 bits per heavy atom. The summed E-state index contributed by atoms with van der Waals surface area (Å²) in [6, 6.07) is 5.40. The standard InChI is InChI=1S/C12H17FN2O2S/c1-2-10(14)7-18(17)8-12(16)15-11-5-3-4-9(13)6-11/h3-6,10H,2,7-8,14H2,1H3,(H,15,16). The molecule has 0 spiro atoms. The van der Waals surface area contributed by atoms with Crippen LogP contribution in [-0.4, -0.2) is 27.7 Å². The van der Waals surface area contributed by atoms with Crippen LogP contribution in [0.3, 0.4) is 0 Å². The highest BCUT2D eigenvalue weighted by Gasteiger charge is 2.11. The molecule has 4 nitrogen and oxygen atoms in total. The number of nitrogens with one attached hydrogen (secondary N) is 1. The fourth-order valence-corrected chi connectivity index (χ4v) is 2.52. The van der Waals surface area contributed by atoms with Crippen molar-refractivity contribution in [1.29, 1.82) is 0 Å². The third-order valence-corrected chi connectivity index (χ3v) is 3.71. The van der Waals surface area contributed by atoms with Crippen LogP contribution in [0, 0.1) is 5.82 Å². The van der Waals surface area contributed by atoms with E-state index in [0.717, 1.165) is 6.42 Å². The second-order valence-corrected chi connectivity index (χ2v) is 5.48. The van der Waals surface area contributed by atoms with Gasteiger partial charge in [0.05, 0.1) is 0 Å². The van der Waals surface area contributed by atoms with Gasteiger partial charge in [0.1, 0.15) is 11.6 Å². The molecule has 0 radical (unpaired) electrons. The van der Waals surface area contributed by atoms with Crippen molar-refractivity contribution in [3.63, 3.8) is 0 Å². The van der Waals surface area contributed by atoms with Crippen LogP contribution >= 0.6 is 0 Å². The molecule has 2 unspecified atom stereocenters. The zero-order valence-electron chi connectivity index (χ0n) is 10.2. The number of halogens is 1. The second kappa shape index (κ2) is 7.23. The van der Waals surface area contributed by atoms with Gasteiger partial charge in [0.2, 0.25) is 5.91 Å². The van der Waals surface area contributed by atoms with E-state index in [4.69, 9.17) is 5.73 Å². The summed E-state index contributed by atoms with van der Waals surface area (Å²) in [7, 11) is -1.29. The first-order valence-electron chi connectivity index (χ1n) is 5.67. The van der Waals surface area contributed by atoms with Gasteiger partial charge >= 0.3 is 0 Å². The molecule has 3 N–H and O–H groups in total. The maximum Gasteiger partial charge on any atom is 0.236 e. The zero-order valence-corrected chi connectivity index (χ0v) is 11.0. The van der Waals surface area contributed by atoms with E-state index in [9.17, 15) is 13.4 Å². The molecular formula is C12H17FN2O2S. The van der Waals surface area contributed by atoms with Crippen LogP contribution in [0.5, 0.6) is 0 Å². The summed E-state index contributed by atoms with van der Waals surface area (Å²) in [4.78, 5) is 11.5. The number of carbonyl (C=O) groups is 1. The lowest BCUT2D eigenvalue weighted by atomic mass is 10.3. The highest BCUT2D eigenvalue weighted by atomic mass is 32.2. The van der Waals surface area contributed by atoms with Crippen molar-refractivity contribution in [3.8, 4) is 0 Å². The normalized spacial score (nSPS) is 13.9. The summed E-state index contributed by atoms with van der Waals surface area (Å²) >= 11 is 0. The molecule has 6 heteroatoms. The molecule has 2 atom stereocenters. The average Bonchev–Trinajstić information content (AvgIpc) is 2.28. The van der Waals surface area contributed by atoms with Crippen LogP contribution in [0.25, 0.3) is 0 Å². The van der Waals surface area contributed by atoms with E-state index in [2.05, 4.69) is 5.32 Å². The summed E-state index contributed by atoms with van der Waals surface area (Å²) in [6.45, 7) is 1.90. The molecule has 1 aromatic rings. The lowest BCUT2D eigenvalue weighted by molar-refractivity contribution is -0.113. The first-order valence-corrected chi connectivity index (χ1v) is 7.16. The van der Waals surface area contributed by atoms with Crippen LogP contribution in [0.4, 0.5) is 10.1 Å². The predicted molar refractivity (Wildman–Crippen MR) is 71.2 cm³/mol. The molecule has 100 valence electrons. The number of hydrogen-bond donors (Lipinski definition) is 2. The Morgan fingerprint density at radius 2 is 2.28 bits per heavy atom. The highest BCUT2D eigenvalue weighted by Crippen LogP contribution is 2.08. The average molecular weight is 272 g/mol. The maximum atomic E-state index is 12.9. The Morgan fingerprint density at radius 1 is 1.56 bits per heavy atom. The maximum absolute atomic E-state index is 12.9. The van der Waals surface area contributed by atoms with E-state index in [0.29, 0.717) is 11.4 Å². The minimum absolute atomic E-state index is 0.121. The number of anilines is 1. The summed E-state index contributed by atoms with van der Waals surface area (Å²) < 4.78 is 24.4. The molecule has 1 amide bonds. The predicted octanol–water partition coefficient (Wildman–Crippen LogP) is 1.25. The third-order valence-electron chi connectivity index (χ3n) is 2.32. The van der Waals surface area contributed by atoms with Crippen molar-refractivity contribution in [3.05, 3.63) is 30.1 Å². The molecule has 0 aliphatic carbocycles. The number of amides is 1. The lowest BCUT2D eigenvalue weighted by Crippen LogP contribution is -2.30. The zero-order chi connectivity index (χ0) is 13.5. The summed E-state index contributed by atoms with van der Waals surface area (Å²) in [6.07, 6.45) is 0.719. The van der Waals surface area contributed by atoms with Gasteiger partial charge in [-0.2, -0.15) is 0 Å². The quantitative estimate of drug-likeness (QED) is 0.818. The third kappa shape index (κ3) is 5.37. The largest absolute Gasteiger partial charge is 0.327 e. The van der Waals surface area contributed by atoms with Gasteiger partial charge in [-0.3, -0.25) is 9.00 Å². The van der Waals surface area contributed by atoms with Crippen LogP contribution in [0.1, 0.15) is 13.3 Å². The van der Waals surface area contributed by atoms with Crippen molar-refractivity contribution in [2.24, 2.45) is 5.73 Å². The van der Waals surface area contributed by atoms with Crippen molar-refractivity contribution in [2.75, 3.05) is 16.8 Å². The van der Waals surface area contributed by atoms with E-state index in [1.165, 1.54) is 18.2 Å². The molecule has 0 saturated heterocycles. The molecule has 0 heterocycles. The molecule has 0 fully saturated rings. The van der Waals surface area contributed by atoms with Gasteiger partial charge in [0.15, 0.2) is 0 Å². The minimum atomic E-state index is -1.29. The number of rotatable bonds is 6. The molecule has 0 aliphatic heterocycles. The van der Waals surface area contributed by atoms with E-state index >= 15 is 0 Å². The molecule has 1 rings (SSSR count). The molecule has 0 saturated carbocycles. The highest BCUT2D eigenvalue weighted by molar-refractivity contribution is 7.85. The second-order valence-electron chi connectivity index (χ2n) is 3.98. The molecule has 1 aromatic carbocycles. The minimum Gasteiger partial charge on any atom is -0.327 e. The van der Waals surface area contributed by atoms with Crippen molar-refractivity contribution in [2.45, 2.75) is 19.4 Å². The van der Waals surface area contributed by atoms with Gasteiger partial charge in [-0.1, -0.05) is 13.0 Å². The summed E-state index contributed by atoms with van der Waals surface area (Å²) in [5.41, 5.74) is 6.01. The first kappa shape index (κ1) is 14.8. The topological polar surface area (TPSA) is 72.2 Å². The van der Waals surface area contributed by atoms with Crippen LogP contribution in [-0.2, 0) is 15.6 Å². The Kier molecular flexibility index (Phi) is 5.94. The van der Waals surface area contributed by atoms with E-state index in [-0.39, 0.29) is 11.8 Å². The molecule has 18 heavy (non-hydrogen) atoms. The van der Waals surface area contributed by atoms with Crippen LogP contribution in [0.15, 0.2) is 24.3 Å². The van der Waals surface area contributed by atoms with E-state index < -0.39 is 22.5 Å². The Labute approximate surface area is 108 Å². The SMILES string of the molecule is CCC(N)CS(=O)CC(=O)Nc1cccc(F)c1. The Bertz CT molecular complexity index is 440. The van der Waals surface area contributed by atoms with Gasteiger partial charge in [0.25, 0.3) is 0 Å². The Hall–Kier alpha value is -1.27. The van der Waals surface area contributed by atoms with Gasteiger partial charge < -0.3 is 11.1 Å². The van der Waals surface area contributed by atoms with Gasteiger partial charge in [-0.05, 0) is 24.6 Å².